The average Bonchev–Trinajstić information content (AvgIpc) is 2.83. The van der Waals surface area contributed by atoms with Crippen LogP contribution < -0.4 is 4.90 Å². The molecule has 2 aromatic heterocycles. The van der Waals surface area contributed by atoms with Gasteiger partial charge in [0.15, 0.2) is 0 Å². The molecule has 0 N–H and O–H groups in total. The van der Waals surface area contributed by atoms with Crippen molar-refractivity contribution in [1.82, 2.24) is 9.97 Å². The van der Waals surface area contributed by atoms with Gasteiger partial charge in [0.2, 0.25) is 0 Å². The molecule has 0 spiro atoms. The van der Waals surface area contributed by atoms with Crippen molar-refractivity contribution >= 4 is 27.4 Å². The Kier molecular flexibility index (Phi) is 3.19. The summed E-state index contributed by atoms with van der Waals surface area (Å²) < 4.78 is 6.61. The van der Waals surface area contributed by atoms with Crippen LogP contribution in [0.3, 0.4) is 0 Å². The third-order valence-corrected chi connectivity index (χ3v) is 4.89. The van der Waals surface area contributed by atoms with Gasteiger partial charge in [0.05, 0.1) is 23.4 Å². The highest BCUT2D eigenvalue weighted by atomic mass is 32.1. The number of thiophene rings is 1. The van der Waals surface area contributed by atoms with Crippen LogP contribution in [0.5, 0.6) is 0 Å². The number of rotatable bonds is 1. The average molecular weight is 277 g/mol. The van der Waals surface area contributed by atoms with Gasteiger partial charge in [-0.1, -0.05) is 20.8 Å². The minimum absolute atomic E-state index is 0.160. The molecule has 0 amide bonds. The maximum Gasteiger partial charge on any atom is 0.150 e. The molecular weight excluding hydrogens is 258 g/mol. The number of hydrogen-bond acceptors (Lipinski definition) is 5. The Morgan fingerprint density at radius 1 is 1.21 bits per heavy atom. The molecule has 1 fully saturated rings. The maximum absolute atomic E-state index is 5.41. The molecule has 1 aliphatic rings. The van der Waals surface area contributed by atoms with Gasteiger partial charge in [0, 0.05) is 18.0 Å². The molecule has 19 heavy (non-hydrogen) atoms. The Balaban J connectivity index is 2.07. The van der Waals surface area contributed by atoms with Gasteiger partial charge in [-0.15, -0.1) is 11.3 Å². The molecule has 1 saturated heterocycles. The monoisotopic (exact) mass is 277 g/mol. The minimum atomic E-state index is 0.160. The molecule has 0 aliphatic carbocycles. The standard InChI is InChI=1S/C14H19N3OS/c1-14(2,3)11-8-10-12(19-11)13(16-9-15-10)17-4-6-18-7-5-17/h8-9H,4-7H2,1-3H3. The van der Waals surface area contributed by atoms with Gasteiger partial charge in [-0.2, -0.15) is 0 Å². The van der Waals surface area contributed by atoms with Gasteiger partial charge in [-0.05, 0) is 11.5 Å². The van der Waals surface area contributed by atoms with E-state index < -0.39 is 0 Å². The van der Waals surface area contributed by atoms with E-state index in [1.54, 1.807) is 6.33 Å². The van der Waals surface area contributed by atoms with E-state index in [9.17, 15) is 0 Å². The first-order chi connectivity index (χ1) is 9.05. The fourth-order valence-corrected chi connectivity index (χ4v) is 3.40. The normalized spacial score (nSPS) is 17.1. The lowest BCUT2D eigenvalue weighted by molar-refractivity contribution is 0.122. The Bertz CT molecular complexity index is 582. The fraction of sp³-hybridized carbons (Fsp3) is 0.571. The van der Waals surface area contributed by atoms with Crippen LogP contribution in [0.25, 0.3) is 10.2 Å². The van der Waals surface area contributed by atoms with Crippen molar-refractivity contribution in [2.75, 3.05) is 31.2 Å². The summed E-state index contributed by atoms with van der Waals surface area (Å²) in [6, 6.07) is 2.20. The first-order valence-corrected chi connectivity index (χ1v) is 7.45. The summed E-state index contributed by atoms with van der Waals surface area (Å²) >= 11 is 1.82. The number of ether oxygens (including phenoxy) is 1. The van der Waals surface area contributed by atoms with Crippen molar-refractivity contribution < 1.29 is 4.74 Å². The molecule has 2 aromatic rings. The van der Waals surface area contributed by atoms with Crippen molar-refractivity contribution in [3.05, 3.63) is 17.3 Å². The second-order valence-corrected chi connectivity index (χ2v) is 6.92. The highest BCUT2D eigenvalue weighted by Crippen LogP contribution is 2.37. The summed E-state index contributed by atoms with van der Waals surface area (Å²) in [6.07, 6.45) is 1.67. The lowest BCUT2D eigenvalue weighted by Gasteiger charge is -2.27. The fourth-order valence-electron chi connectivity index (χ4n) is 2.21. The largest absolute Gasteiger partial charge is 0.378 e. The summed E-state index contributed by atoms with van der Waals surface area (Å²) in [7, 11) is 0. The third kappa shape index (κ3) is 2.44. The van der Waals surface area contributed by atoms with Crippen LogP contribution in [-0.2, 0) is 10.2 Å². The molecule has 102 valence electrons. The molecule has 4 nitrogen and oxygen atoms in total. The zero-order valence-corrected chi connectivity index (χ0v) is 12.5. The highest BCUT2D eigenvalue weighted by Gasteiger charge is 2.21. The number of anilines is 1. The van der Waals surface area contributed by atoms with Crippen LogP contribution in [0.15, 0.2) is 12.4 Å². The first kappa shape index (κ1) is 12.8. The predicted molar refractivity (Wildman–Crippen MR) is 79.1 cm³/mol. The Hall–Kier alpha value is -1.20. The van der Waals surface area contributed by atoms with Crippen LogP contribution in [0.2, 0.25) is 0 Å². The summed E-state index contributed by atoms with van der Waals surface area (Å²) in [6.45, 7) is 10.1. The SMILES string of the molecule is CC(C)(C)c1cc2ncnc(N3CCOCC3)c2s1. The van der Waals surface area contributed by atoms with Crippen molar-refractivity contribution in [2.45, 2.75) is 26.2 Å². The predicted octanol–water partition coefficient (Wildman–Crippen LogP) is 2.83. The molecule has 1 aliphatic heterocycles. The van der Waals surface area contributed by atoms with Gasteiger partial charge < -0.3 is 9.64 Å². The summed E-state index contributed by atoms with van der Waals surface area (Å²) in [4.78, 5) is 12.6. The molecular formula is C14H19N3OS. The summed E-state index contributed by atoms with van der Waals surface area (Å²) in [5.41, 5.74) is 1.22. The number of hydrogen-bond donors (Lipinski definition) is 0. The Labute approximate surface area is 117 Å². The van der Waals surface area contributed by atoms with Crippen molar-refractivity contribution in [3.8, 4) is 0 Å². The molecule has 3 rings (SSSR count). The Morgan fingerprint density at radius 2 is 1.95 bits per heavy atom. The third-order valence-electron chi connectivity index (χ3n) is 3.34. The lowest BCUT2D eigenvalue weighted by Crippen LogP contribution is -2.36. The van der Waals surface area contributed by atoms with E-state index in [2.05, 4.69) is 41.7 Å². The molecule has 0 saturated carbocycles. The van der Waals surface area contributed by atoms with Crippen molar-refractivity contribution in [1.29, 1.82) is 0 Å². The van der Waals surface area contributed by atoms with Gasteiger partial charge in [-0.25, -0.2) is 9.97 Å². The number of aromatic nitrogens is 2. The number of nitrogens with zero attached hydrogens (tertiary/aromatic N) is 3. The van der Waals surface area contributed by atoms with E-state index in [1.165, 1.54) is 9.58 Å². The van der Waals surface area contributed by atoms with E-state index >= 15 is 0 Å². The molecule has 5 heteroatoms. The Morgan fingerprint density at radius 3 is 2.63 bits per heavy atom. The van der Waals surface area contributed by atoms with E-state index in [4.69, 9.17) is 4.74 Å². The molecule has 0 atom stereocenters. The molecule has 3 heterocycles. The summed E-state index contributed by atoms with van der Waals surface area (Å²) in [5, 5.41) is 0. The zero-order chi connectivity index (χ0) is 13.5. The highest BCUT2D eigenvalue weighted by molar-refractivity contribution is 7.19. The van der Waals surface area contributed by atoms with Gasteiger partial charge in [-0.3, -0.25) is 0 Å². The van der Waals surface area contributed by atoms with E-state index in [1.807, 2.05) is 11.3 Å². The molecule has 0 radical (unpaired) electrons. The number of fused-ring (bicyclic) bond motifs is 1. The van der Waals surface area contributed by atoms with Gasteiger partial charge in [0.25, 0.3) is 0 Å². The maximum atomic E-state index is 5.41. The molecule has 0 unspecified atom stereocenters. The summed E-state index contributed by atoms with van der Waals surface area (Å²) in [5.74, 6) is 1.06. The van der Waals surface area contributed by atoms with E-state index in [-0.39, 0.29) is 5.41 Å². The lowest BCUT2D eigenvalue weighted by atomic mass is 9.95. The van der Waals surface area contributed by atoms with Gasteiger partial charge in [0.1, 0.15) is 12.1 Å². The smallest absolute Gasteiger partial charge is 0.150 e. The second kappa shape index (κ2) is 4.72. The van der Waals surface area contributed by atoms with Crippen molar-refractivity contribution in [3.63, 3.8) is 0 Å². The topological polar surface area (TPSA) is 38.2 Å². The second-order valence-electron chi connectivity index (χ2n) is 5.87. The minimum Gasteiger partial charge on any atom is -0.378 e. The first-order valence-electron chi connectivity index (χ1n) is 6.63. The van der Waals surface area contributed by atoms with Crippen LogP contribution in [0.1, 0.15) is 25.6 Å². The van der Waals surface area contributed by atoms with E-state index in [0.29, 0.717) is 0 Å². The van der Waals surface area contributed by atoms with E-state index in [0.717, 1.165) is 37.6 Å². The van der Waals surface area contributed by atoms with Gasteiger partial charge >= 0.3 is 0 Å². The van der Waals surface area contributed by atoms with Crippen LogP contribution in [-0.4, -0.2) is 36.3 Å². The quantitative estimate of drug-likeness (QED) is 0.803. The van der Waals surface area contributed by atoms with Crippen LogP contribution >= 0.6 is 11.3 Å². The van der Waals surface area contributed by atoms with Crippen LogP contribution in [0, 0.1) is 0 Å². The molecule has 0 aromatic carbocycles. The number of morpholine rings is 1. The van der Waals surface area contributed by atoms with Crippen LogP contribution in [0.4, 0.5) is 5.82 Å². The molecule has 0 bridgehead atoms. The zero-order valence-electron chi connectivity index (χ0n) is 11.6. The van der Waals surface area contributed by atoms with Crippen molar-refractivity contribution in [2.24, 2.45) is 0 Å².